The number of allylic oxidation sites excluding steroid dienone is 1. The van der Waals surface area contributed by atoms with Gasteiger partial charge in [-0.05, 0) is 49.6 Å². The standard InChI is InChI=1S/C23H24FNO8/c1-2-30-19(5-3-4-6-21(27)28)22(14-7-9-17(26)16(24)11-14)33-23(29)25-15-8-10-18-20(12-15)32-13-31-18/h4,6-12,19,22,26H,2-3,5,13H2,1H3,(H,25,29)(H,27,28)/b6-4+/t19-,22-/m1/s1. The van der Waals surface area contributed by atoms with Crippen LogP contribution >= 0.6 is 0 Å². The Bertz CT molecular complexity index is 1030. The first kappa shape index (κ1) is 23.9. The van der Waals surface area contributed by atoms with Crippen molar-refractivity contribution < 1.29 is 43.1 Å². The van der Waals surface area contributed by atoms with Gasteiger partial charge < -0.3 is 29.2 Å². The number of anilines is 1. The molecule has 0 spiro atoms. The number of benzene rings is 2. The fraction of sp³-hybridized carbons (Fsp3) is 0.304. The van der Waals surface area contributed by atoms with Crippen molar-refractivity contribution in [3.8, 4) is 17.2 Å². The van der Waals surface area contributed by atoms with E-state index in [2.05, 4.69) is 5.32 Å². The number of amides is 1. The van der Waals surface area contributed by atoms with Gasteiger partial charge in [-0.15, -0.1) is 0 Å². The van der Waals surface area contributed by atoms with Gasteiger partial charge in [-0.25, -0.2) is 14.0 Å². The van der Waals surface area contributed by atoms with Crippen LogP contribution in [0.2, 0.25) is 0 Å². The minimum atomic E-state index is -1.08. The number of aromatic hydroxyl groups is 1. The molecular formula is C23H24FNO8. The van der Waals surface area contributed by atoms with E-state index < -0.39 is 35.8 Å². The third-order valence-corrected chi connectivity index (χ3v) is 4.75. The molecule has 0 aliphatic carbocycles. The minimum absolute atomic E-state index is 0.0874. The normalized spacial score (nSPS) is 14.1. The predicted octanol–water partition coefficient (Wildman–Crippen LogP) is 4.38. The summed E-state index contributed by atoms with van der Waals surface area (Å²) in [6.45, 7) is 2.11. The largest absolute Gasteiger partial charge is 0.505 e. The number of hydrogen-bond acceptors (Lipinski definition) is 7. The van der Waals surface area contributed by atoms with Crippen molar-refractivity contribution in [1.29, 1.82) is 0 Å². The first-order valence-corrected chi connectivity index (χ1v) is 10.2. The van der Waals surface area contributed by atoms with Crippen molar-refractivity contribution in [1.82, 2.24) is 0 Å². The van der Waals surface area contributed by atoms with Crippen molar-refractivity contribution in [3.63, 3.8) is 0 Å². The Labute approximate surface area is 189 Å². The Morgan fingerprint density at radius 2 is 2.00 bits per heavy atom. The maximum Gasteiger partial charge on any atom is 0.412 e. The summed E-state index contributed by atoms with van der Waals surface area (Å²) < 4.78 is 35.9. The molecule has 1 heterocycles. The van der Waals surface area contributed by atoms with Gasteiger partial charge in [0.1, 0.15) is 0 Å². The van der Waals surface area contributed by atoms with E-state index in [0.29, 0.717) is 30.0 Å². The van der Waals surface area contributed by atoms with E-state index >= 15 is 0 Å². The molecule has 1 aliphatic rings. The molecular weight excluding hydrogens is 437 g/mol. The van der Waals surface area contributed by atoms with Crippen molar-refractivity contribution in [2.45, 2.75) is 32.0 Å². The lowest BCUT2D eigenvalue weighted by Gasteiger charge is -2.27. The second kappa shape index (κ2) is 11.2. The van der Waals surface area contributed by atoms with Crippen molar-refractivity contribution in [2.75, 3.05) is 18.7 Å². The third-order valence-electron chi connectivity index (χ3n) is 4.75. The van der Waals surface area contributed by atoms with Crippen LogP contribution < -0.4 is 14.8 Å². The molecule has 0 aromatic heterocycles. The van der Waals surface area contributed by atoms with E-state index in [-0.39, 0.29) is 19.0 Å². The van der Waals surface area contributed by atoms with Crippen LogP contribution in [0.4, 0.5) is 14.9 Å². The molecule has 2 aromatic rings. The summed E-state index contributed by atoms with van der Waals surface area (Å²) in [4.78, 5) is 23.4. The van der Waals surface area contributed by atoms with Crippen LogP contribution in [0.1, 0.15) is 31.4 Å². The maximum atomic E-state index is 14.0. The number of carboxylic acid groups (broad SMARTS) is 1. The number of phenols is 1. The summed E-state index contributed by atoms with van der Waals surface area (Å²) in [6.07, 6.45) is 0.509. The molecule has 33 heavy (non-hydrogen) atoms. The molecule has 3 rings (SSSR count). The maximum absolute atomic E-state index is 14.0. The Balaban J connectivity index is 1.79. The molecule has 0 unspecified atom stereocenters. The van der Waals surface area contributed by atoms with E-state index in [1.165, 1.54) is 12.1 Å². The van der Waals surface area contributed by atoms with Gasteiger partial charge in [0.15, 0.2) is 29.2 Å². The number of rotatable bonds is 10. The van der Waals surface area contributed by atoms with Gasteiger partial charge in [0.05, 0.1) is 6.10 Å². The highest BCUT2D eigenvalue weighted by molar-refractivity contribution is 5.85. The van der Waals surface area contributed by atoms with E-state index in [1.807, 2.05) is 0 Å². The van der Waals surface area contributed by atoms with Gasteiger partial charge in [-0.3, -0.25) is 5.32 Å². The smallest absolute Gasteiger partial charge is 0.412 e. The molecule has 1 amide bonds. The highest BCUT2D eigenvalue weighted by atomic mass is 19.1. The first-order valence-electron chi connectivity index (χ1n) is 10.2. The van der Waals surface area contributed by atoms with Crippen molar-refractivity contribution >= 4 is 17.7 Å². The monoisotopic (exact) mass is 461 g/mol. The second-order valence-electron chi connectivity index (χ2n) is 7.04. The van der Waals surface area contributed by atoms with Crippen LogP contribution in [0.5, 0.6) is 17.2 Å². The number of carbonyl (C=O) groups is 2. The zero-order valence-corrected chi connectivity index (χ0v) is 17.8. The minimum Gasteiger partial charge on any atom is -0.505 e. The topological polar surface area (TPSA) is 124 Å². The highest BCUT2D eigenvalue weighted by Crippen LogP contribution is 2.35. The molecule has 2 atom stereocenters. The number of hydrogen-bond donors (Lipinski definition) is 3. The molecule has 10 heteroatoms. The number of ether oxygens (including phenoxy) is 4. The Morgan fingerprint density at radius 1 is 1.21 bits per heavy atom. The summed E-state index contributed by atoms with van der Waals surface area (Å²) in [5.74, 6) is -1.48. The third kappa shape index (κ3) is 6.59. The zero-order chi connectivity index (χ0) is 23.8. The lowest BCUT2D eigenvalue weighted by molar-refractivity contribution is -0.131. The SMILES string of the molecule is CCO[C@H](CC/C=C/C(=O)O)[C@H](OC(=O)Nc1ccc2c(c1)OCO2)c1ccc(O)c(F)c1. The average molecular weight is 461 g/mol. The lowest BCUT2D eigenvalue weighted by Crippen LogP contribution is -2.29. The van der Waals surface area contributed by atoms with Crippen LogP contribution in [-0.4, -0.2) is 41.8 Å². The lowest BCUT2D eigenvalue weighted by atomic mass is 9.99. The molecule has 0 saturated heterocycles. The number of nitrogens with one attached hydrogen (secondary N) is 1. The number of halogens is 1. The Kier molecular flexibility index (Phi) is 8.09. The average Bonchev–Trinajstić information content (AvgIpc) is 3.24. The molecule has 0 fully saturated rings. The Hall–Kier alpha value is -3.79. The van der Waals surface area contributed by atoms with Gasteiger partial charge in [0, 0.05) is 24.4 Å². The van der Waals surface area contributed by atoms with Gasteiger partial charge in [0.25, 0.3) is 0 Å². The molecule has 0 bridgehead atoms. The quantitative estimate of drug-likeness (QED) is 0.446. The predicted molar refractivity (Wildman–Crippen MR) is 115 cm³/mol. The van der Waals surface area contributed by atoms with Crippen molar-refractivity contribution in [3.05, 3.63) is 59.9 Å². The Morgan fingerprint density at radius 3 is 2.73 bits per heavy atom. The van der Waals surface area contributed by atoms with Gasteiger partial charge in [-0.2, -0.15) is 0 Å². The summed E-state index contributed by atoms with van der Waals surface area (Å²) in [6, 6.07) is 8.48. The van der Waals surface area contributed by atoms with E-state index in [9.17, 15) is 19.1 Å². The molecule has 176 valence electrons. The number of aliphatic carboxylic acids is 1. The summed E-state index contributed by atoms with van der Waals surface area (Å²) >= 11 is 0. The molecule has 3 N–H and O–H groups in total. The van der Waals surface area contributed by atoms with Crippen molar-refractivity contribution in [2.24, 2.45) is 0 Å². The first-order chi connectivity index (χ1) is 15.9. The summed E-state index contributed by atoms with van der Waals surface area (Å²) in [7, 11) is 0. The van der Waals surface area contributed by atoms with Crippen LogP contribution in [0.15, 0.2) is 48.6 Å². The molecule has 1 aliphatic heterocycles. The molecule has 0 saturated carbocycles. The molecule has 0 radical (unpaired) electrons. The fourth-order valence-electron chi connectivity index (χ4n) is 3.28. The second-order valence-corrected chi connectivity index (χ2v) is 7.04. The van der Waals surface area contributed by atoms with Crippen LogP contribution in [0.3, 0.4) is 0 Å². The summed E-state index contributed by atoms with van der Waals surface area (Å²) in [5.41, 5.74) is 0.670. The molecule has 2 aromatic carbocycles. The fourth-order valence-corrected chi connectivity index (χ4v) is 3.28. The van der Waals surface area contributed by atoms with E-state index in [4.69, 9.17) is 24.1 Å². The summed E-state index contributed by atoms with van der Waals surface area (Å²) in [5, 5.41) is 20.9. The van der Waals surface area contributed by atoms with Crippen LogP contribution in [-0.2, 0) is 14.3 Å². The van der Waals surface area contributed by atoms with E-state index in [1.54, 1.807) is 25.1 Å². The zero-order valence-electron chi connectivity index (χ0n) is 17.8. The van der Waals surface area contributed by atoms with E-state index in [0.717, 1.165) is 18.2 Å². The van der Waals surface area contributed by atoms with Crippen LogP contribution in [0, 0.1) is 5.82 Å². The van der Waals surface area contributed by atoms with Gasteiger partial charge in [-0.1, -0.05) is 12.1 Å². The van der Waals surface area contributed by atoms with Gasteiger partial charge in [0.2, 0.25) is 6.79 Å². The number of fused-ring (bicyclic) bond motifs is 1. The number of carbonyl (C=O) groups excluding carboxylic acids is 1. The highest BCUT2D eigenvalue weighted by Gasteiger charge is 2.28. The van der Waals surface area contributed by atoms with Crippen LogP contribution in [0.25, 0.3) is 0 Å². The molecule has 9 nitrogen and oxygen atoms in total. The number of carboxylic acids is 1. The van der Waals surface area contributed by atoms with Gasteiger partial charge >= 0.3 is 12.1 Å². The number of phenolic OH excluding ortho intramolecular Hbond substituents is 1.